The summed E-state index contributed by atoms with van der Waals surface area (Å²) >= 11 is 0. The summed E-state index contributed by atoms with van der Waals surface area (Å²) in [7, 11) is 1.38. The predicted molar refractivity (Wildman–Crippen MR) is 35.4 cm³/mol. The van der Waals surface area contributed by atoms with E-state index >= 15 is 0 Å². The third-order valence-electron chi connectivity index (χ3n) is 1.22. The molecule has 0 saturated carbocycles. The number of carbonyl (C=O) groups excluding carboxylic acids is 1. The zero-order chi connectivity index (χ0) is 8.27. The van der Waals surface area contributed by atoms with Crippen molar-refractivity contribution >= 4 is 5.91 Å². The van der Waals surface area contributed by atoms with Crippen molar-refractivity contribution in [2.24, 2.45) is 5.73 Å². The van der Waals surface area contributed by atoms with Crippen LogP contribution in [0.1, 0.15) is 11.8 Å². The van der Waals surface area contributed by atoms with Crippen molar-refractivity contribution in [2.45, 2.75) is 6.10 Å². The maximum Gasteiger partial charge on any atom is 0.252 e. The fraction of sp³-hybridized carbons (Fsp3) is 0.333. The molecular formula is C6H8N2O3. The Labute approximate surface area is 63.1 Å². The minimum atomic E-state index is -0.811. The number of nitrogens with two attached hydrogens (primary N) is 1. The van der Waals surface area contributed by atoms with Crippen molar-refractivity contribution in [3.63, 3.8) is 0 Å². The zero-order valence-corrected chi connectivity index (χ0v) is 5.98. The number of amides is 1. The molecule has 1 aromatic rings. The SMILES string of the molecule is COC(C(N)=O)c1ccon1. The quantitative estimate of drug-likeness (QED) is 0.659. The molecule has 1 aromatic heterocycles. The second kappa shape index (κ2) is 3.16. The van der Waals surface area contributed by atoms with Gasteiger partial charge in [-0.1, -0.05) is 5.16 Å². The Morgan fingerprint density at radius 2 is 2.64 bits per heavy atom. The summed E-state index contributed by atoms with van der Waals surface area (Å²) in [4.78, 5) is 10.6. The van der Waals surface area contributed by atoms with Gasteiger partial charge in [0, 0.05) is 13.2 Å². The Balaban J connectivity index is 2.79. The first-order chi connectivity index (χ1) is 5.25. The van der Waals surface area contributed by atoms with Crippen molar-refractivity contribution in [3.8, 4) is 0 Å². The van der Waals surface area contributed by atoms with E-state index in [9.17, 15) is 4.79 Å². The van der Waals surface area contributed by atoms with Crippen LogP contribution < -0.4 is 5.73 Å². The van der Waals surface area contributed by atoms with E-state index in [1.165, 1.54) is 19.4 Å². The molecule has 1 rings (SSSR count). The van der Waals surface area contributed by atoms with Gasteiger partial charge in [0.2, 0.25) is 0 Å². The molecule has 0 spiro atoms. The molecule has 1 unspecified atom stereocenters. The lowest BCUT2D eigenvalue weighted by Gasteiger charge is -2.05. The average molecular weight is 156 g/mol. The summed E-state index contributed by atoms with van der Waals surface area (Å²) in [6, 6.07) is 1.53. The third-order valence-corrected chi connectivity index (χ3v) is 1.22. The monoisotopic (exact) mass is 156 g/mol. The molecule has 0 aromatic carbocycles. The number of aromatic nitrogens is 1. The summed E-state index contributed by atoms with van der Waals surface area (Å²) in [6.07, 6.45) is 0.540. The van der Waals surface area contributed by atoms with Gasteiger partial charge in [-0.2, -0.15) is 0 Å². The number of primary amides is 1. The van der Waals surface area contributed by atoms with Gasteiger partial charge >= 0.3 is 0 Å². The number of nitrogens with zero attached hydrogens (tertiary/aromatic N) is 1. The van der Waals surface area contributed by atoms with Gasteiger partial charge in [0.15, 0.2) is 6.10 Å². The van der Waals surface area contributed by atoms with Crippen molar-refractivity contribution in [1.29, 1.82) is 0 Å². The van der Waals surface area contributed by atoms with Crippen molar-refractivity contribution in [3.05, 3.63) is 18.0 Å². The fourth-order valence-corrected chi connectivity index (χ4v) is 0.740. The predicted octanol–water partition coefficient (Wildman–Crippen LogP) is -0.153. The topological polar surface area (TPSA) is 78.4 Å². The maximum atomic E-state index is 10.6. The molecule has 60 valence electrons. The lowest BCUT2D eigenvalue weighted by Crippen LogP contribution is -2.22. The molecule has 2 N–H and O–H groups in total. The van der Waals surface area contributed by atoms with Gasteiger partial charge < -0.3 is 15.0 Å². The van der Waals surface area contributed by atoms with E-state index in [1.54, 1.807) is 0 Å². The smallest absolute Gasteiger partial charge is 0.252 e. The molecule has 0 aliphatic carbocycles. The first-order valence-corrected chi connectivity index (χ1v) is 2.98. The highest BCUT2D eigenvalue weighted by atomic mass is 16.5. The van der Waals surface area contributed by atoms with Crippen LogP contribution in [0.4, 0.5) is 0 Å². The molecule has 0 saturated heterocycles. The van der Waals surface area contributed by atoms with E-state index in [0.717, 1.165) is 0 Å². The number of ether oxygens (including phenoxy) is 1. The highest BCUT2D eigenvalue weighted by Gasteiger charge is 2.19. The van der Waals surface area contributed by atoms with Crippen LogP contribution in [0.3, 0.4) is 0 Å². The third kappa shape index (κ3) is 1.56. The number of hydrogen-bond donors (Lipinski definition) is 1. The second-order valence-electron chi connectivity index (χ2n) is 1.94. The largest absolute Gasteiger partial charge is 0.367 e. The van der Waals surface area contributed by atoms with E-state index in [0.29, 0.717) is 5.69 Å². The Hall–Kier alpha value is -1.36. The normalized spacial score (nSPS) is 12.8. The molecule has 1 heterocycles. The fourth-order valence-electron chi connectivity index (χ4n) is 0.740. The number of methoxy groups -OCH3 is 1. The number of carbonyl (C=O) groups is 1. The lowest BCUT2D eigenvalue weighted by molar-refractivity contribution is -0.128. The number of rotatable bonds is 3. The summed E-state index contributed by atoms with van der Waals surface area (Å²) < 4.78 is 9.27. The maximum absolute atomic E-state index is 10.6. The zero-order valence-electron chi connectivity index (χ0n) is 5.98. The van der Waals surface area contributed by atoms with E-state index in [2.05, 4.69) is 9.68 Å². The van der Waals surface area contributed by atoms with Gasteiger partial charge in [-0.3, -0.25) is 4.79 Å². The summed E-state index contributed by atoms with van der Waals surface area (Å²) in [5.74, 6) is -0.582. The van der Waals surface area contributed by atoms with Crippen LogP contribution in [0.15, 0.2) is 16.9 Å². The van der Waals surface area contributed by atoms with Gasteiger partial charge in [-0.25, -0.2) is 0 Å². The van der Waals surface area contributed by atoms with E-state index in [-0.39, 0.29) is 0 Å². The molecule has 5 heteroatoms. The van der Waals surface area contributed by atoms with E-state index in [4.69, 9.17) is 10.5 Å². The van der Waals surface area contributed by atoms with E-state index < -0.39 is 12.0 Å². The van der Waals surface area contributed by atoms with Gasteiger partial charge in [0.25, 0.3) is 5.91 Å². The van der Waals surface area contributed by atoms with Gasteiger partial charge in [-0.15, -0.1) is 0 Å². The molecule has 0 radical (unpaired) electrons. The first kappa shape index (κ1) is 7.74. The average Bonchev–Trinajstić information content (AvgIpc) is 2.40. The molecule has 0 fully saturated rings. The van der Waals surface area contributed by atoms with Crippen LogP contribution in [0.5, 0.6) is 0 Å². The summed E-state index contributed by atoms with van der Waals surface area (Å²) in [5.41, 5.74) is 5.38. The lowest BCUT2D eigenvalue weighted by atomic mass is 10.2. The Bertz CT molecular complexity index is 232. The number of hydrogen-bond acceptors (Lipinski definition) is 4. The Kier molecular flexibility index (Phi) is 2.22. The van der Waals surface area contributed by atoms with Crippen molar-refractivity contribution < 1.29 is 14.1 Å². The molecular weight excluding hydrogens is 148 g/mol. The van der Waals surface area contributed by atoms with Gasteiger partial charge in [0.05, 0.1) is 0 Å². The molecule has 11 heavy (non-hydrogen) atoms. The minimum Gasteiger partial charge on any atom is -0.367 e. The molecule has 1 amide bonds. The second-order valence-corrected chi connectivity index (χ2v) is 1.94. The summed E-state index contributed by atoms with van der Waals surface area (Å²) in [6.45, 7) is 0. The van der Waals surface area contributed by atoms with Crippen LogP contribution in [0, 0.1) is 0 Å². The van der Waals surface area contributed by atoms with E-state index in [1.807, 2.05) is 0 Å². The van der Waals surface area contributed by atoms with Crippen LogP contribution >= 0.6 is 0 Å². The van der Waals surface area contributed by atoms with Crippen molar-refractivity contribution in [2.75, 3.05) is 7.11 Å². The van der Waals surface area contributed by atoms with Crippen LogP contribution in [-0.2, 0) is 9.53 Å². The Morgan fingerprint density at radius 3 is 3.00 bits per heavy atom. The van der Waals surface area contributed by atoms with Crippen LogP contribution in [0.2, 0.25) is 0 Å². The minimum absolute atomic E-state index is 0.389. The summed E-state index contributed by atoms with van der Waals surface area (Å²) in [5, 5.41) is 3.51. The van der Waals surface area contributed by atoms with Crippen LogP contribution in [0.25, 0.3) is 0 Å². The molecule has 5 nitrogen and oxygen atoms in total. The van der Waals surface area contributed by atoms with Crippen molar-refractivity contribution in [1.82, 2.24) is 5.16 Å². The molecule has 1 atom stereocenters. The molecule has 0 bridgehead atoms. The van der Waals surface area contributed by atoms with Crippen LogP contribution in [-0.4, -0.2) is 18.2 Å². The highest BCUT2D eigenvalue weighted by Crippen LogP contribution is 2.12. The Morgan fingerprint density at radius 1 is 1.91 bits per heavy atom. The van der Waals surface area contributed by atoms with Gasteiger partial charge in [-0.05, 0) is 0 Å². The molecule has 0 aliphatic rings. The van der Waals surface area contributed by atoms with Gasteiger partial charge in [0.1, 0.15) is 12.0 Å². The first-order valence-electron chi connectivity index (χ1n) is 2.98. The highest BCUT2D eigenvalue weighted by molar-refractivity contribution is 5.79. The standard InChI is InChI=1S/C6H8N2O3/c1-10-5(6(7)9)4-2-3-11-8-4/h2-3,5H,1H3,(H2,7,9). The molecule has 0 aliphatic heterocycles.